The maximum absolute atomic E-state index is 10.8. The number of nitro groups is 1. The Labute approximate surface area is 111 Å². The number of carboxylic acids is 1. The summed E-state index contributed by atoms with van der Waals surface area (Å²) in [6.45, 7) is 2.66. The van der Waals surface area contributed by atoms with Crippen LogP contribution in [0.4, 0.5) is 5.69 Å². The zero-order valence-electron chi connectivity index (χ0n) is 11.0. The van der Waals surface area contributed by atoms with Gasteiger partial charge in [-0.3, -0.25) is 14.8 Å². The molecule has 0 aromatic carbocycles. The van der Waals surface area contributed by atoms with Crippen molar-refractivity contribution in [3.63, 3.8) is 0 Å². The molecule has 7 heteroatoms. The molecule has 19 heavy (non-hydrogen) atoms. The summed E-state index contributed by atoms with van der Waals surface area (Å²) in [6, 6.07) is 0. The van der Waals surface area contributed by atoms with Crippen molar-refractivity contribution in [2.45, 2.75) is 52.0 Å². The highest BCUT2D eigenvalue weighted by atomic mass is 16.6. The Morgan fingerprint density at radius 1 is 1.37 bits per heavy atom. The molecule has 0 radical (unpaired) electrons. The molecule has 1 N–H and O–H groups in total. The van der Waals surface area contributed by atoms with E-state index in [2.05, 4.69) is 12.0 Å². The Morgan fingerprint density at radius 2 is 2.00 bits per heavy atom. The first-order chi connectivity index (χ1) is 9.06. The summed E-state index contributed by atoms with van der Waals surface area (Å²) in [5.41, 5.74) is -0.936. The molecule has 0 atom stereocenters. The smallest absolute Gasteiger partial charge is 0.363 e. The van der Waals surface area contributed by atoms with E-state index in [0.717, 1.165) is 19.3 Å². The van der Waals surface area contributed by atoms with Crippen LogP contribution in [0.1, 0.15) is 55.9 Å². The first-order valence-corrected chi connectivity index (χ1v) is 6.51. The Bertz CT molecular complexity index is 411. The van der Waals surface area contributed by atoms with Crippen molar-refractivity contribution in [2.75, 3.05) is 0 Å². The fourth-order valence-corrected chi connectivity index (χ4v) is 1.87. The van der Waals surface area contributed by atoms with Gasteiger partial charge >= 0.3 is 11.7 Å². The van der Waals surface area contributed by atoms with Gasteiger partial charge in [-0.1, -0.05) is 39.0 Å². The van der Waals surface area contributed by atoms with Crippen LogP contribution in [0.2, 0.25) is 0 Å². The van der Waals surface area contributed by atoms with Gasteiger partial charge < -0.3 is 5.11 Å². The minimum Gasteiger partial charge on any atom is -0.476 e. The van der Waals surface area contributed by atoms with Gasteiger partial charge in [0.2, 0.25) is 5.69 Å². The average molecular weight is 269 g/mol. The van der Waals surface area contributed by atoms with E-state index >= 15 is 0 Å². The van der Waals surface area contributed by atoms with Gasteiger partial charge in [0.15, 0.2) is 0 Å². The van der Waals surface area contributed by atoms with Crippen molar-refractivity contribution >= 4 is 11.7 Å². The summed E-state index contributed by atoms with van der Waals surface area (Å²) in [5.74, 6) is -1.37. The number of carboxylic acid groups (broad SMARTS) is 1. The van der Waals surface area contributed by atoms with Gasteiger partial charge in [0.05, 0.1) is 4.92 Å². The van der Waals surface area contributed by atoms with E-state index in [9.17, 15) is 14.9 Å². The van der Waals surface area contributed by atoms with Crippen molar-refractivity contribution in [3.05, 3.63) is 22.0 Å². The number of aromatic nitrogens is 2. The fraction of sp³-hybridized carbons (Fsp3) is 0.667. The van der Waals surface area contributed by atoms with E-state index < -0.39 is 22.3 Å². The maximum atomic E-state index is 10.8. The topological polar surface area (TPSA) is 98.3 Å². The Hall–Kier alpha value is -1.92. The van der Waals surface area contributed by atoms with Crippen LogP contribution in [0.25, 0.3) is 0 Å². The number of unbranched alkanes of at least 4 members (excludes halogenated alkanes) is 5. The third-order valence-electron chi connectivity index (χ3n) is 2.88. The molecule has 0 saturated heterocycles. The summed E-state index contributed by atoms with van der Waals surface area (Å²) in [4.78, 5) is 20.8. The van der Waals surface area contributed by atoms with Gasteiger partial charge in [-0.25, -0.2) is 4.79 Å². The van der Waals surface area contributed by atoms with E-state index in [1.165, 1.54) is 30.1 Å². The van der Waals surface area contributed by atoms with Crippen LogP contribution in [0, 0.1) is 10.1 Å². The molecule has 1 aromatic heterocycles. The largest absolute Gasteiger partial charge is 0.476 e. The van der Waals surface area contributed by atoms with Crippen molar-refractivity contribution in [1.29, 1.82) is 0 Å². The summed E-state index contributed by atoms with van der Waals surface area (Å²) in [5, 5.41) is 23.2. The molecule has 0 unspecified atom stereocenters. The normalized spacial score (nSPS) is 10.6. The minimum atomic E-state index is -1.37. The molecule has 0 saturated carbocycles. The Morgan fingerprint density at radius 3 is 2.53 bits per heavy atom. The molecule has 7 nitrogen and oxygen atoms in total. The standard InChI is InChI=1S/C12H19N3O4/c1-2-3-4-5-6-7-8-14-9-10(15(18)19)11(13-14)12(16)17/h9H,2-8H2,1H3,(H,16,17). The van der Waals surface area contributed by atoms with E-state index in [0.29, 0.717) is 6.54 Å². The molecule has 0 aliphatic rings. The monoisotopic (exact) mass is 269 g/mol. The molecule has 0 aliphatic carbocycles. The van der Waals surface area contributed by atoms with Crippen molar-refractivity contribution in [3.8, 4) is 0 Å². The fourth-order valence-electron chi connectivity index (χ4n) is 1.87. The number of aromatic carboxylic acids is 1. The maximum Gasteiger partial charge on any atom is 0.363 e. The summed E-state index contributed by atoms with van der Waals surface area (Å²) in [6.07, 6.45) is 7.79. The van der Waals surface area contributed by atoms with Gasteiger partial charge in [0.1, 0.15) is 6.20 Å². The van der Waals surface area contributed by atoms with E-state index in [-0.39, 0.29) is 0 Å². The van der Waals surface area contributed by atoms with Crippen LogP contribution in [-0.2, 0) is 6.54 Å². The van der Waals surface area contributed by atoms with Crippen LogP contribution in [0.3, 0.4) is 0 Å². The van der Waals surface area contributed by atoms with Gasteiger partial charge in [-0.05, 0) is 6.42 Å². The molecule has 106 valence electrons. The number of hydrogen-bond acceptors (Lipinski definition) is 4. The first kappa shape index (κ1) is 15.1. The number of rotatable bonds is 9. The predicted octanol–water partition coefficient (Wildman–Crippen LogP) is 2.85. The zero-order valence-corrected chi connectivity index (χ0v) is 11.0. The molecule has 0 spiro atoms. The molecule has 0 fully saturated rings. The third kappa shape index (κ3) is 4.69. The van der Waals surface area contributed by atoms with Gasteiger partial charge in [0.25, 0.3) is 0 Å². The van der Waals surface area contributed by atoms with Crippen LogP contribution in [-0.4, -0.2) is 25.8 Å². The van der Waals surface area contributed by atoms with Crippen LogP contribution < -0.4 is 0 Å². The highest BCUT2D eigenvalue weighted by Crippen LogP contribution is 2.17. The molecular weight excluding hydrogens is 250 g/mol. The second-order valence-corrected chi connectivity index (χ2v) is 4.46. The highest BCUT2D eigenvalue weighted by Gasteiger charge is 2.24. The Kier molecular flexibility index (Phi) is 5.98. The van der Waals surface area contributed by atoms with E-state index in [1.807, 2.05) is 0 Å². The number of aryl methyl sites for hydroxylation is 1. The van der Waals surface area contributed by atoms with Crippen LogP contribution >= 0.6 is 0 Å². The number of carbonyl (C=O) groups is 1. The minimum absolute atomic E-state index is 0.446. The molecular formula is C12H19N3O4. The molecule has 0 amide bonds. The molecule has 0 bridgehead atoms. The van der Waals surface area contributed by atoms with Crippen LogP contribution in [0.5, 0.6) is 0 Å². The number of nitrogens with zero attached hydrogens (tertiary/aromatic N) is 3. The summed E-state index contributed by atoms with van der Waals surface area (Å²) < 4.78 is 1.35. The van der Waals surface area contributed by atoms with Crippen molar-refractivity contribution in [1.82, 2.24) is 9.78 Å². The van der Waals surface area contributed by atoms with Crippen molar-refractivity contribution in [2.24, 2.45) is 0 Å². The summed E-state index contributed by atoms with van der Waals surface area (Å²) in [7, 11) is 0. The van der Waals surface area contributed by atoms with Crippen LogP contribution in [0.15, 0.2) is 6.20 Å². The summed E-state index contributed by atoms with van der Waals surface area (Å²) >= 11 is 0. The zero-order chi connectivity index (χ0) is 14.3. The van der Waals surface area contributed by atoms with Gasteiger partial charge in [0, 0.05) is 6.54 Å². The van der Waals surface area contributed by atoms with E-state index in [1.54, 1.807) is 0 Å². The number of hydrogen-bond donors (Lipinski definition) is 1. The highest BCUT2D eigenvalue weighted by molar-refractivity contribution is 5.89. The van der Waals surface area contributed by atoms with Crippen molar-refractivity contribution < 1.29 is 14.8 Å². The van der Waals surface area contributed by atoms with E-state index in [4.69, 9.17) is 5.11 Å². The molecule has 0 aliphatic heterocycles. The Balaban J connectivity index is 2.48. The first-order valence-electron chi connectivity index (χ1n) is 6.51. The molecule has 1 heterocycles. The second-order valence-electron chi connectivity index (χ2n) is 4.46. The lowest BCUT2D eigenvalue weighted by Gasteiger charge is -2.01. The predicted molar refractivity (Wildman–Crippen MR) is 69.2 cm³/mol. The van der Waals surface area contributed by atoms with Gasteiger partial charge in [-0.15, -0.1) is 0 Å². The SMILES string of the molecule is CCCCCCCCn1cc([N+](=O)[O-])c(C(=O)O)n1. The van der Waals surface area contributed by atoms with Gasteiger partial charge in [-0.2, -0.15) is 5.10 Å². The average Bonchev–Trinajstić information content (AvgIpc) is 2.78. The molecule has 1 aromatic rings. The quantitative estimate of drug-likeness (QED) is 0.422. The lowest BCUT2D eigenvalue weighted by atomic mass is 10.1. The second kappa shape index (κ2) is 7.50. The molecule has 1 rings (SSSR count). The lowest BCUT2D eigenvalue weighted by molar-refractivity contribution is -0.385. The lowest BCUT2D eigenvalue weighted by Crippen LogP contribution is -2.04. The third-order valence-corrected chi connectivity index (χ3v) is 2.88.